The zero-order valence-electron chi connectivity index (χ0n) is 17.6. The highest BCUT2D eigenvalue weighted by atomic mass is 16.5. The van der Waals surface area contributed by atoms with Crippen LogP contribution in [-0.2, 0) is 9.59 Å². The van der Waals surface area contributed by atoms with Crippen LogP contribution in [-0.4, -0.2) is 78.3 Å². The van der Waals surface area contributed by atoms with Crippen LogP contribution in [0.4, 0.5) is 0 Å². The van der Waals surface area contributed by atoms with Crippen LogP contribution in [0, 0.1) is 5.92 Å². The van der Waals surface area contributed by atoms with E-state index < -0.39 is 6.04 Å². The maximum atomic E-state index is 13.1. The Morgan fingerprint density at radius 3 is 2.52 bits per heavy atom. The Morgan fingerprint density at radius 1 is 1.10 bits per heavy atom. The third kappa shape index (κ3) is 4.89. The molecule has 0 bridgehead atoms. The number of hydrogen-bond acceptors (Lipinski definition) is 4. The number of carbonyl (C=O) groups is 3. The molecule has 3 amide bonds. The maximum Gasteiger partial charge on any atom is 0.260 e. The van der Waals surface area contributed by atoms with Crippen molar-refractivity contribution in [3.8, 4) is 5.75 Å². The summed E-state index contributed by atoms with van der Waals surface area (Å²) >= 11 is 0. The van der Waals surface area contributed by atoms with Gasteiger partial charge in [-0.1, -0.05) is 19.9 Å². The number of likely N-dealkylation sites (N-methyl/N-ethyl adjacent to an activating group) is 1. The molecule has 158 valence electrons. The van der Waals surface area contributed by atoms with E-state index in [0.717, 1.165) is 25.9 Å². The number of likely N-dealkylation sites (tertiary alicyclic amines) is 1. The van der Waals surface area contributed by atoms with Gasteiger partial charge >= 0.3 is 0 Å². The van der Waals surface area contributed by atoms with Gasteiger partial charge in [0.15, 0.2) is 6.61 Å². The second kappa shape index (κ2) is 9.29. The van der Waals surface area contributed by atoms with Crippen LogP contribution in [0.3, 0.4) is 0 Å². The zero-order valence-corrected chi connectivity index (χ0v) is 17.6. The fourth-order valence-electron chi connectivity index (χ4n) is 4.00. The minimum absolute atomic E-state index is 0.0223. The fourth-order valence-corrected chi connectivity index (χ4v) is 4.00. The summed E-state index contributed by atoms with van der Waals surface area (Å²) in [5.74, 6) is 0.279. The largest absolute Gasteiger partial charge is 0.484 e. The predicted molar refractivity (Wildman–Crippen MR) is 110 cm³/mol. The lowest BCUT2D eigenvalue weighted by molar-refractivity contribution is -0.140. The van der Waals surface area contributed by atoms with Crippen molar-refractivity contribution in [2.75, 3.05) is 39.8 Å². The van der Waals surface area contributed by atoms with E-state index in [-0.39, 0.29) is 30.2 Å². The Bertz CT molecular complexity index is 758. The number of ether oxygens (including phenoxy) is 1. The van der Waals surface area contributed by atoms with E-state index in [1.807, 2.05) is 18.7 Å². The molecule has 1 aromatic carbocycles. The molecule has 1 aromatic rings. The summed E-state index contributed by atoms with van der Waals surface area (Å²) in [4.78, 5) is 43.2. The lowest BCUT2D eigenvalue weighted by Gasteiger charge is -2.41. The fraction of sp³-hybridized carbons (Fsp3) is 0.591. The number of rotatable bonds is 5. The molecule has 0 radical (unpaired) electrons. The molecule has 0 spiro atoms. The Morgan fingerprint density at radius 2 is 1.83 bits per heavy atom. The molecule has 2 aliphatic rings. The summed E-state index contributed by atoms with van der Waals surface area (Å²) < 4.78 is 5.67. The molecule has 2 saturated heterocycles. The molecule has 1 atom stereocenters. The summed E-state index contributed by atoms with van der Waals surface area (Å²) in [5.41, 5.74) is 0.468. The molecule has 0 N–H and O–H groups in total. The smallest absolute Gasteiger partial charge is 0.260 e. The van der Waals surface area contributed by atoms with Crippen LogP contribution in [0.5, 0.6) is 5.75 Å². The number of benzene rings is 1. The van der Waals surface area contributed by atoms with Gasteiger partial charge in [0, 0.05) is 38.8 Å². The molecule has 29 heavy (non-hydrogen) atoms. The van der Waals surface area contributed by atoms with Gasteiger partial charge in [0.1, 0.15) is 11.8 Å². The number of amides is 3. The quantitative estimate of drug-likeness (QED) is 0.757. The zero-order chi connectivity index (χ0) is 21.0. The molecule has 1 unspecified atom stereocenters. The molecular formula is C22H31N3O4. The first-order valence-electron chi connectivity index (χ1n) is 10.4. The van der Waals surface area contributed by atoms with E-state index in [1.54, 1.807) is 41.1 Å². The van der Waals surface area contributed by atoms with Gasteiger partial charge in [-0.05, 0) is 43.4 Å². The average Bonchev–Trinajstić information content (AvgIpc) is 2.73. The summed E-state index contributed by atoms with van der Waals surface area (Å²) in [5, 5.41) is 0. The first-order valence-corrected chi connectivity index (χ1v) is 10.4. The Kier molecular flexibility index (Phi) is 6.77. The SMILES string of the molecule is CC(C)C1C(=O)N(C)CCN1C(=O)c1cccc(OCC(=O)N2CCCCC2)c1. The van der Waals surface area contributed by atoms with Crippen molar-refractivity contribution in [3.05, 3.63) is 29.8 Å². The lowest BCUT2D eigenvalue weighted by Crippen LogP contribution is -2.59. The highest BCUT2D eigenvalue weighted by molar-refractivity contribution is 5.98. The van der Waals surface area contributed by atoms with Gasteiger partial charge in [0.25, 0.3) is 11.8 Å². The number of hydrogen-bond donors (Lipinski definition) is 0. The van der Waals surface area contributed by atoms with Gasteiger partial charge in [-0.3, -0.25) is 14.4 Å². The van der Waals surface area contributed by atoms with Crippen LogP contribution < -0.4 is 4.74 Å². The number of piperidine rings is 1. The third-order valence-corrected chi connectivity index (χ3v) is 5.69. The molecule has 7 nitrogen and oxygen atoms in total. The van der Waals surface area contributed by atoms with Crippen molar-refractivity contribution in [1.82, 2.24) is 14.7 Å². The molecule has 2 fully saturated rings. The van der Waals surface area contributed by atoms with Crippen molar-refractivity contribution in [2.45, 2.75) is 39.2 Å². The summed E-state index contributed by atoms with van der Waals surface area (Å²) in [6.45, 7) is 6.47. The van der Waals surface area contributed by atoms with Gasteiger partial charge in [-0.25, -0.2) is 0 Å². The molecule has 7 heteroatoms. The van der Waals surface area contributed by atoms with E-state index in [1.165, 1.54) is 6.42 Å². The van der Waals surface area contributed by atoms with Gasteiger partial charge in [-0.2, -0.15) is 0 Å². The van der Waals surface area contributed by atoms with Gasteiger partial charge in [-0.15, -0.1) is 0 Å². The summed E-state index contributed by atoms with van der Waals surface area (Å²) in [6.07, 6.45) is 3.24. The second-order valence-electron chi connectivity index (χ2n) is 8.21. The Balaban J connectivity index is 1.67. The van der Waals surface area contributed by atoms with E-state index in [0.29, 0.717) is 24.4 Å². The van der Waals surface area contributed by atoms with Crippen LogP contribution in [0.25, 0.3) is 0 Å². The van der Waals surface area contributed by atoms with Crippen LogP contribution in [0.2, 0.25) is 0 Å². The maximum absolute atomic E-state index is 13.1. The first-order chi connectivity index (χ1) is 13.9. The van der Waals surface area contributed by atoms with Crippen molar-refractivity contribution in [1.29, 1.82) is 0 Å². The number of nitrogens with zero attached hydrogens (tertiary/aromatic N) is 3. The van der Waals surface area contributed by atoms with Crippen molar-refractivity contribution >= 4 is 17.7 Å². The van der Waals surface area contributed by atoms with E-state index in [2.05, 4.69) is 0 Å². The minimum Gasteiger partial charge on any atom is -0.484 e. The molecule has 0 aliphatic carbocycles. The third-order valence-electron chi connectivity index (χ3n) is 5.69. The molecule has 2 heterocycles. The van der Waals surface area contributed by atoms with Crippen molar-refractivity contribution in [3.63, 3.8) is 0 Å². The van der Waals surface area contributed by atoms with Crippen molar-refractivity contribution < 1.29 is 19.1 Å². The Hall–Kier alpha value is -2.57. The molecule has 0 aromatic heterocycles. The van der Waals surface area contributed by atoms with Gasteiger partial charge < -0.3 is 19.4 Å². The van der Waals surface area contributed by atoms with E-state index >= 15 is 0 Å². The summed E-state index contributed by atoms with van der Waals surface area (Å²) in [6, 6.07) is 6.41. The van der Waals surface area contributed by atoms with Gasteiger partial charge in [0.2, 0.25) is 5.91 Å². The summed E-state index contributed by atoms with van der Waals surface area (Å²) in [7, 11) is 1.77. The second-order valence-corrected chi connectivity index (χ2v) is 8.21. The highest BCUT2D eigenvalue weighted by Gasteiger charge is 2.38. The average molecular weight is 402 g/mol. The lowest BCUT2D eigenvalue weighted by atomic mass is 9.97. The normalized spacial score (nSPS) is 20.2. The molecule has 0 saturated carbocycles. The van der Waals surface area contributed by atoms with E-state index in [4.69, 9.17) is 4.74 Å². The molecular weight excluding hydrogens is 370 g/mol. The standard InChI is InChI=1S/C22H31N3O4/c1-16(2)20-22(28)23(3)12-13-25(20)21(27)17-8-7-9-18(14-17)29-15-19(26)24-10-5-4-6-11-24/h7-9,14,16,20H,4-6,10-13,15H2,1-3H3. The number of piperazine rings is 1. The topological polar surface area (TPSA) is 70.2 Å². The number of carbonyl (C=O) groups excluding carboxylic acids is 3. The van der Waals surface area contributed by atoms with E-state index in [9.17, 15) is 14.4 Å². The molecule has 3 rings (SSSR count). The highest BCUT2D eigenvalue weighted by Crippen LogP contribution is 2.22. The van der Waals surface area contributed by atoms with Crippen LogP contribution in [0.15, 0.2) is 24.3 Å². The van der Waals surface area contributed by atoms with Crippen LogP contribution >= 0.6 is 0 Å². The predicted octanol–water partition coefficient (Wildman–Crippen LogP) is 2.02. The van der Waals surface area contributed by atoms with Gasteiger partial charge in [0.05, 0.1) is 0 Å². The monoisotopic (exact) mass is 401 g/mol. The first kappa shape index (κ1) is 21.1. The van der Waals surface area contributed by atoms with Crippen molar-refractivity contribution in [2.24, 2.45) is 5.92 Å². The molecule has 2 aliphatic heterocycles. The Labute approximate surface area is 172 Å². The minimum atomic E-state index is -0.466. The van der Waals surface area contributed by atoms with Crippen LogP contribution in [0.1, 0.15) is 43.5 Å².